The summed E-state index contributed by atoms with van der Waals surface area (Å²) < 4.78 is 42.1. The number of thioether (sulfide) groups is 2. The highest BCUT2D eigenvalue weighted by atomic mass is 32.2. The summed E-state index contributed by atoms with van der Waals surface area (Å²) >= 11 is 1.73. The van der Waals surface area contributed by atoms with E-state index in [1.165, 1.54) is 26.0 Å². The van der Waals surface area contributed by atoms with Gasteiger partial charge in [0.2, 0.25) is 0 Å². The minimum absolute atomic E-state index is 0.0331. The summed E-state index contributed by atoms with van der Waals surface area (Å²) in [5, 5.41) is 0. The summed E-state index contributed by atoms with van der Waals surface area (Å²) in [6, 6.07) is 2.64. The molecule has 0 aromatic heterocycles. The molecule has 0 amide bonds. The third kappa shape index (κ3) is 13.9. The van der Waals surface area contributed by atoms with Crippen LogP contribution in [0.3, 0.4) is 0 Å². The SMILES string of the molecule is C=CC(=O)OCC(C)(C)COC(=O)CCC(=O)Oc1ccc(OC(=O)CCC(=O)OCC(C)(C)COC(=O)C=C)c2c1SC(=C1C(=O)OC(C)(C)OC1=O)S2. The molecule has 2 aliphatic heterocycles. The molecule has 0 aliphatic carbocycles. The van der Waals surface area contributed by atoms with Crippen molar-refractivity contribution in [1.82, 2.24) is 0 Å². The lowest BCUT2D eigenvalue weighted by molar-refractivity contribution is -0.222. The van der Waals surface area contributed by atoms with Gasteiger partial charge in [0.05, 0.1) is 66.1 Å². The lowest BCUT2D eigenvalue weighted by atomic mass is 9.96. The van der Waals surface area contributed by atoms with Gasteiger partial charge in [-0.05, 0) is 12.1 Å². The van der Waals surface area contributed by atoms with E-state index in [2.05, 4.69) is 13.2 Å². The number of carbonyl (C=O) groups is 8. The molecule has 55 heavy (non-hydrogen) atoms. The largest absolute Gasteiger partial charge is 0.465 e. The second-order valence-corrected chi connectivity index (χ2v) is 16.3. The van der Waals surface area contributed by atoms with Crippen molar-refractivity contribution >= 4 is 71.3 Å². The van der Waals surface area contributed by atoms with Crippen LogP contribution < -0.4 is 9.47 Å². The number of cyclic esters (lactones) is 2. The van der Waals surface area contributed by atoms with Gasteiger partial charge in [-0.2, -0.15) is 0 Å². The maximum Gasteiger partial charge on any atom is 0.350 e. The first-order valence-corrected chi connectivity index (χ1v) is 18.3. The summed E-state index contributed by atoms with van der Waals surface area (Å²) in [7, 11) is 0. The average molecular weight is 807 g/mol. The molecule has 0 atom stereocenters. The molecule has 0 spiro atoms. The van der Waals surface area contributed by atoms with Crippen LogP contribution in [-0.2, 0) is 66.8 Å². The molecule has 0 saturated carbocycles. The first kappa shape index (κ1) is 44.3. The number of benzene rings is 1. The molecule has 2 heterocycles. The molecule has 1 aromatic carbocycles. The Kier molecular flexibility index (Phi) is 15.3. The minimum atomic E-state index is -1.51. The molecule has 16 nitrogen and oxygen atoms in total. The first-order chi connectivity index (χ1) is 25.6. The topological polar surface area (TPSA) is 210 Å². The van der Waals surface area contributed by atoms with Gasteiger partial charge in [0.1, 0.15) is 11.5 Å². The van der Waals surface area contributed by atoms with Crippen molar-refractivity contribution in [3.05, 3.63) is 47.3 Å². The van der Waals surface area contributed by atoms with Crippen molar-refractivity contribution in [2.75, 3.05) is 26.4 Å². The van der Waals surface area contributed by atoms with Gasteiger partial charge in [0.25, 0.3) is 5.79 Å². The zero-order valence-electron chi connectivity index (χ0n) is 31.2. The van der Waals surface area contributed by atoms with Crippen LogP contribution in [0.15, 0.2) is 57.0 Å². The number of fused-ring (bicyclic) bond motifs is 1. The second kappa shape index (κ2) is 19.0. The van der Waals surface area contributed by atoms with Crippen LogP contribution in [0.5, 0.6) is 11.5 Å². The molecular weight excluding hydrogens is 765 g/mol. The Morgan fingerprint density at radius 3 is 1.35 bits per heavy atom. The van der Waals surface area contributed by atoms with Crippen LogP contribution in [-0.4, -0.2) is 80.0 Å². The monoisotopic (exact) mass is 806 g/mol. The predicted octanol–water partition coefficient (Wildman–Crippen LogP) is 4.90. The molecule has 1 fully saturated rings. The smallest absolute Gasteiger partial charge is 0.350 e. The van der Waals surface area contributed by atoms with Crippen LogP contribution >= 0.6 is 23.5 Å². The Balaban J connectivity index is 1.70. The number of hydrogen-bond donors (Lipinski definition) is 0. The number of esters is 8. The Labute approximate surface area is 325 Å². The third-order valence-corrected chi connectivity index (χ3v) is 9.65. The summed E-state index contributed by atoms with van der Waals surface area (Å²) in [6.07, 6.45) is 0.570. The zero-order chi connectivity index (χ0) is 41.1. The molecule has 2 aliphatic rings. The van der Waals surface area contributed by atoms with Gasteiger partial charge in [-0.3, -0.25) is 19.2 Å². The van der Waals surface area contributed by atoms with E-state index >= 15 is 0 Å². The maximum atomic E-state index is 12.9. The van der Waals surface area contributed by atoms with Gasteiger partial charge in [-0.15, -0.1) is 0 Å². The summed E-state index contributed by atoms with van der Waals surface area (Å²) in [5.74, 6) is -7.79. The van der Waals surface area contributed by atoms with Crippen molar-refractivity contribution in [3.8, 4) is 11.5 Å². The zero-order valence-corrected chi connectivity index (χ0v) is 32.9. The van der Waals surface area contributed by atoms with Gasteiger partial charge in [-0.25, -0.2) is 19.2 Å². The van der Waals surface area contributed by atoms with Crippen LogP contribution in [0.2, 0.25) is 0 Å². The van der Waals surface area contributed by atoms with E-state index in [9.17, 15) is 38.4 Å². The highest BCUT2D eigenvalue weighted by Crippen LogP contribution is 2.59. The van der Waals surface area contributed by atoms with Crippen LogP contribution in [0.25, 0.3) is 0 Å². The van der Waals surface area contributed by atoms with E-state index in [1.807, 2.05) is 0 Å². The van der Waals surface area contributed by atoms with E-state index in [4.69, 9.17) is 37.9 Å². The quantitative estimate of drug-likeness (QED) is 0.0635. The van der Waals surface area contributed by atoms with Gasteiger partial charge in [-0.1, -0.05) is 64.4 Å². The molecule has 18 heteroatoms. The fraction of sp³-hybridized carbons (Fsp3) is 0.459. The molecular formula is C37H42O16S2. The Morgan fingerprint density at radius 1 is 0.636 bits per heavy atom. The fourth-order valence-electron chi connectivity index (χ4n) is 4.19. The number of ether oxygens (including phenoxy) is 8. The molecule has 3 rings (SSSR count). The molecule has 1 aromatic rings. The number of rotatable bonds is 18. The van der Waals surface area contributed by atoms with Gasteiger partial charge in [0, 0.05) is 36.8 Å². The maximum absolute atomic E-state index is 12.9. The van der Waals surface area contributed by atoms with Gasteiger partial charge >= 0.3 is 47.8 Å². The lowest BCUT2D eigenvalue weighted by Gasteiger charge is -2.30. The highest BCUT2D eigenvalue weighted by molar-refractivity contribution is 8.25. The Bertz CT molecular complexity index is 1670. The second-order valence-electron chi connectivity index (χ2n) is 14.0. The normalized spacial score (nSPS) is 14.7. The summed E-state index contributed by atoms with van der Waals surface area (Å²) in [4.78, 5) is 99.3. The number of carbonyl (C=O) groups excluding carboxylic acids is 8. The van der Waals surface area contributed by atoms with Crippen LogP contribution in [0.4, 0.5) is 0 Å². The van der Waals surface area contributed by atoms with Crippen molar-refractivity contribution in [2.45, 2.75) is 82.8 Å². The number of hydrogen-bond acceptors (Lipinski definition) is 18. The van der Waals surface area contributed by atoms with Crippen LogP contribution in [0.1, 0.15) is 67.2 Å². The van der Waals surface area contributed by atoms with E-state index in [0.29, 0.717) is 0 Å². The molecule has 1 saturated heterocycles. The Hall–Kier alpha value is -5.10. The predicted molar refractivity (Wildman–Crippen MR) is 193 cm³/mol. The fourth-order valence-corrected chi connectivity index (χ4v) is 6.83. The molecule has 0 N–H and O–H groups in total. The molecule has 0 unspecified atom stereocenters. The summed E-state index contributed by atoms with van der Waals surface area (Å²) in [5.41, 5.74) is -1.84. The van der Waals surface area contributed by atoms with E-state index in [-0.39, 0.29) is 77.6 Å². The summed E-state index contributed by atoms with van der Waals surface area (Å²) in [6.45, 7) is 16.0. The molecule has 0 radical (unpaired) electrons. The van der Waals surface area contributed by atoms with Crippen molar-refractivity contribution in [2.24, 2.45) is 10.8 Å². The third-order valence-electron chi connectivity index (χ3n) is 7.02. The minimum Gasteiger partial charge on any atom is -0.465 e. The van der Waals surface area contributed by atoms with Crippen molar-refractivity contribution in [1.29, 1.82) is 0 Å². The van der Waals surface area contributed by atoms with Gasteiger partial charge < -0.3 is 37.9 Å². The van der Waals surface area contributed by atoms with Crippen molar-refractivity contribution in [3.63, 3.8) is 0 Å². The first-order valence-electron chi connectivity index (χ1n) is 16.7. The average Bonchev–Trinajstić information content (AvgIpc) is 3.55. The van der Waals surface area contributed by atoms with E-state index in [0.717, 1.165) is 35.7 Å². The Morgan fingerprint density at radius 2 is 0.982 bits per heavy atom. The van der Waals surface area contributed by atoms with Crippen molar-refractivity contribution < 1.29 is 76.3 Å². The molecule has 0 bridgehead atoms. The van der Waals surface area contributed by atoms with Crippen LogP contribution in [0, 0.1) is 10.8 Å². The standard InChI is InChI=1S/C37H42O16S2/c1-9-23(38)46-17-35(3,4)19-48-25(40)13-15-27(42)50-21-11-12-22(31-30(21)54-34(55-31)29-32(44)52-37(7,8)53-33(29)45)51-28(43)16-14-26(41)49-20-36(5,6)18-47-24(39)10-2/h9-12H,1-2,13-20H2,3-8H3. The lowest BCUT2D eigenvalue weighted by Crippen LogP contribution is -2.42. The van der Waals surface area contributed by atoms with E-state index < -0.39 is 69.9 Å². The van der Waals surface area contributed by atoms with E-state index in [1.54, 1.807) is 27.7 Å². The van der Waals surface area contributed by atoms with Gasteiger partial charge in [0.15, 0.2) is 5.57 Å². The highest BCUT2D eigenvalue weighted by Gasteiger charge is 2.43. The molecule has 298 valence electrons.